The summed E-state index contributed by atoms with van der Waals surface area (Å²) in [6.07, 6.45) is 1.02. The maximum Gasteiger partial charge on any atom is -0.00204 e. The van der Waals surface area contributed by atoms with Gasteiger partial charge in [0.15, 0.2) is 0 Å². The van der Waals surface area contributed by atoms with Crippen molar-refractivity contribution in [3.8, 4) is 0 Å². The number of hydrogen-bond donors (Lipinski definition) is 0. The van der Waals surface area contributed by atoms with Crippen molar-refractivity contribution < 1.29 is 0 Å². The molecule has 0 saturated heterocycles. The topological polar surface area (TPSA) is 0 Å². The van der Waals surface area contributed by atoms with E-state index >= 15 is 0 Å². The van der Waals surface area contributed by atoms with Gasteiger partial charge in [-0.2, -0.15) is 0 Å². The molecule has 93 valence electrons. The summed E-state index contributed by atoms with van der Waals surface area (Å²) < 4.78 is 0. The van der Waals surface area contributed by atoms with E-state index < -0.39 is 0 Å². The van der Waals surface area contributed by atoms with Crippen LogP contribution in [-0.2, 0) is 6.42 Å². The summed E-state index contributed by atoms with van der Waals surface area (Å²) in [7, 11) is 0. The highest BCUT2D eigenvalue weighted by molar-refractivity contribution is 5.38. The van der Waals surface area contributed by atoms with Crippen LogP contribution in [0, 0.1) is 19.9 Å². The molecule has 2 aromatic rings. The Balaban J connectivity index is 2.31. The van der Waals surface area contributed by atoms with Gasteiger partial charge >= 0.3 is 0 Å². The Morgan fingerprint density at radius 3 is 2.33 bits per heavy atom. The van der Waals surface area contributed by atoms with Crippen LogP contribution in [0.15, 0.2) is 36.4 Å². The van der Waals surface area contributed by atoms with Gasteiger partial charge in [0.2, 0.25) is 0 Å². The van der Waals surface area contributed by atoms with E-state index in [0.717, 1.165) is 6.42 Å². The summed E-state index contributed by atoms with van der Waals surface area (Å²) >= 11 is 0. The summed E-state index contributed by atoms with van der Waals surface area (Å²) in [6.45, 7) is 8.83. The van der Waals surface area contributed by atoms with E-state index in [4.69, 9.17) is 0 Å². The monoisotopic (exact) mass is 237 g/mol. The molecule has 0 fully saturated rings. The molecule has 0 spiro atoms. The molecular formula is C18H21. The molecule has 0 aromatic heterocycles. The Kier molecular flexibility index (Phi) is 3.86. The minimum absolute atomic E-state index is 0.594. The summed E-state index contributed by atoms with van der Waals surface area (Å²) in [4.78, 5) is 0. The van der Waals surface area contributed by atoms with Crippen molar-refractivity contribution in [1.29, 1.82) is 0 Å². The third-order valence-electron chi connectivity index (χ3n) is 3.55. The lowest BCUT2D eigenvalue weighted by Crippen LogP contribution is -1.97. The average Bonchev–Trinajstić information content (AvgIpc) is 2.34. The normalized spacial score (nSPS) is 10.9. The molecule has 0 aliphatic carbocycles. The Bertz CT molecular complexity index is 515. The van der Waals surface area contributed by atoms with Crippen molar-refractivity contribution in [2.45, 2.75) is 40.0 Å². The lowest BCUT2D eigenvalue weighted by Gasteiger charge is -2.12. The maximum atomic E-state index is 3.18. The first kappa shape index (κ1) is 12.9. The highest BCUT2D eigenvalue weighted by Gasteiger charge is 2.05. The second-order valence-corrected chi connectivity index (χ2v) is 5.38. The molecule has 0 saturated carbocycles. The predicted molar refractivity (Wildman–Crippen MR) is 78.1 cm³/mol. The Morgan fingerprint density at radius 2 is 1.72 bits per heavy atom. The number of aryl methyl sites for hydroxylation is 2. The maximum absolute atomic E-state index is 3.18. The highest BCUT2D eigenvalue weighted by atomic mass is 14.1. The van der Waals surface area contributed by atoms with Crippen molar-refractivity contribution in [2.75, 3.05) is 0 Å². The molecule has 0 nitrogen and oxygen atoms in total. The summed E-state index contributed by atoms with van der Waals surface area (Å²) in [5.74, 6) is 0.594. The average molecular weight is 237 g/mol. The van der Waals surface area contributed by atoms with Crippen LogP contribution in [-0.4, -0.2) is 0 Å². The quantitative estimate of drug-likeness (QED) is 0.718. The molecule has 0 N–H and O–H groups in total. The van der Waals surface area contributed by atoms with E-state index in [1.165, 1.54) is 27.8 Å². The molecule has 0 aliphatic rings. The lowest BCUT2D eigenvalue weighted by atomic mass is 9.93. The molecule has 0 atom stereocenters. The van der Waals surface area contributed by atoms with E-state index in [9.17, 15) is 0 Å². The summed E-state index contributed by atoms with van der Waals surface area (Å²) in [6, 6.07) is 16.3. The molecule has 0 aliphatic heterocycles. The van der Waals surface area contributed by atoms with E-state index in [1.807, 2.05) is 0 Å². The predicted octanol–water partition coefficient (Wildman–Crippen LogP) is 4.82. The van der Waals surface area contributed by atoms with Gasteiger partial charge < -0.3 is 0 Å². The molecule has 0 amide bonds. The Labute approximate surface area is 111 Å². The van der Waals surface area contributed by atoms with E-state index in [-0.39, 0.29) is 0 Å². The van der Waals surface area contributed by atoms with Gasteiger partial charge in [-0.15, -0.1) is 0 Å². The standard InChI is InChI=1S/C18H21/c1-13(2)17-10-6-9-16(11-17)12-18-14(3)7-5-8-15(18)4/h6-11,13H,12H2,1-4H3. The first-order valence-corrected chi connectivity index (χ1v) is 6.63. The van der Waals surface area contributed by atoms with Crippen molar-refractivity contribution in [1.82, 2.24) is 0 Å². The Morgan fingerprint density at radius 1 is 1.06 bits per heavy atom. The zero-order valence-electron chi connectivity index (χ0n) is 11.7. The minimum Gasteiger partial charge on any atom is -0.0617 e. The van der Waals surface area contributed by atoms with Gasteiger partial charge in [-0.05, 0) is 60.1 Å². The van der Waals surface area contributed by atoms with Crippen LogP contribution in [0.3, 0.4) is 0 Å². The smallest absolute Gasteiger partial charge is 0.00204 e. The van der Waals surface area contributed by atoms with Crippen LogP contribution in [0.1, 0.15) is 47.6 Å². The minimum atomic E-state index is 0.594. The van der Waals surface area contributed by atoms with Crippen LogP contribution < -0.4 is 0 Å². The SMILES string of the molecule is Cc1c[c]cc(C)c1Cc1cccc(C(C)C)c1. The molecule has 2 aromatic carbocycles. The van der Waals surface area contributed by atoms with E-state index in [2.05, 4.69) is 70.2 Å². The van der Waals surface area contributed by atoms with Crippen molar-refractivity contribution in [3.63, 3.8) is 0 Å². The third-order valence-corrected chi connectivity index (χ3v) is 3.55. The van der Waals surface area contributed by atoms with Crippen LogP contribution in [0.5, 0.6) is 0 Å². The fourth-order valence-corrected chi connectivity index (χ4v) is 2.32. The molecular weight excluding hydrogens is 216 g/mol. The summed E-state index contributed by atoms with van der Waals surface area (Å²) in [5.41, 5.74) is 6.94. The van der Waals surface area contributed by atoms with Crippen LogP contribution in [0.2, 0.25) is 0 Å². The number of hydrogen-bond acceptors (Lipinski definition) is 0. The number of rotatable bonds is 3. The molecule has 0 bridgehead atoms. The molecule has 0 heterocycles. The van der Waals surface area contributed by atoms with Gasteiger partial charge in [-0.25, -0.2) is 0 Å². The third kappa shape index (κ3) is 2.81. The zero-order valence-corrected chi connectivity index (χ0v) is 11.7. The van der Waals surface area contributed by atoms with Crippen molar-refractivity contribution in [2.24, 2.45) is 0 Å². The van der Waals surface area contributed by atoms with Gasteiger partial charge in [-0.3, -0.25) is 0 Å². The van der Waals surface area contributed by atoms with E-state index in [1.54, 1.807) is 0 Å². The van der Waals surface area contributed by atoms with Crippen LogP contribution in [0.25, 0.3) is 0 Å². The molecule has 0 heteroatoms. The van der Waals surface area contributed by atoms with Gasteiger partial charge in [-0.1, -0.05) is 50.2 Å². The second kappa shape index (κ2) is 5.39. The van der Waals surface area contributed by atoms with Gasteiger partial charge in [0, 0.05) is 0 Å². The fraction of sp³-hybridized carbons (Fsp3) is 0.333. The molecule has 1 radical (unpaired) electrons. The van der Waals surface area contributed by atoms with Gasteiger partial charge in [0.1, 0.15) is 0 Å². The highest BCUT2D eigenvalue weighted by Crippen LogP contribution is 2.21. The zero-order chi connectivity index (χ0) is 13.1. The Hall–Kier alpha value is -1.56. The van der Waals surface area contributed by atoms with Crippen molar-refractivity contribution in [3.05, 3.63) is 70.3 Å². The molecule has 18 heavy (non-hydrogen) atoms. The van der Waals surface area contributed by atoms with Crippen LogP contribution in [0.4, 0.5) is 0 Å². The lowest BCUT2D eigenvalue weighted by molar-refractivity contribution is 0.863. The molecule has 0 unspecified atom stereocenters. The summed E-state index contributed by atoms with van der Waals surface area (Å²) in [5, 5.41) is 0. The second-order valence-electron chi connectivity index (χ2n) is 5.38. The van der Waals surface area contributed by atoms with Gasteiger partial charge in [0.25, 0.3) is 0 Å². The first-order valence-electron chi connectivity index (χ1n) is 6.63. The first-order chi connectivity index (χ1) is 8.58. The van der Waals surface area contributed by atoms with Crippen molar-refractivity contribution >= 4 is 0 Å². The largest absolute Gasteiger partial charge is 0.0617 e. The molecule has 2 rings (SSSR count). The van der Waals surface area contributed by atoms with Crippen LogP contribution >= 0.6 is 0 Å². The van der Waals surface area contributed by atoms with E-state index in [0.29, 0.717) is 5.92 Å². The number of benzene rings is 2. The van der Waals surface area contributed by atoms with Gasteiger partial charge in [0.05, 0.1) is 0 Å². The fourth-order valence-electron chi connectivity index (χ4n) is 2.32.